The minimum atomic E-state index is 0.300. The van der Waals surface area contributed by atoms with Gasteiger partial charge in [-0.25, -0.2) is 4.98 Å². The molecule has 0 radical (unpaired) electrons. The maximum atomic E-state index is 5.66. The molecule has 4 nitrogen and oxygen atoms in total. The number of nitrogens with one attached hydrogen (secondary N) is 1. The molecule has 2 rings (SSSR count). The van der Waals surface area contributed by atoms with Crippen LogP contribution in [0.4, 0.5) is 0 Å². The van der Waals surface area contributed by atoms with Gasteiger partial charge in [-0.05, 0) is 18.6 Å². The Bertz CT molecular complexity index is 401. The van der Waals surface area contributed by atoms with E-state index in [1.165, 1.54) is 0 Å². The molecule has 80 valence electrons. The van der Waals surface area contributed by atoms with Crippen molar-refractivity contribution in [2.45, 2.75) is 19.3 Å². The van der Waals surface area contributed by atoms with Crippen molar-refractivity contribution >= 4 is 0 Å². The first-order valence-corrected chi connectivity index (χ1v) is 5.14. The summed E-state index contributed by atoms with van der Waals surface area (Å²) in [5, 5.41) is 0. The average Bonchev–Trinajstić information content (AvgIpc) is 2.89. The van der Waals surface area contributed by atoms with Gasteiger partial charge in [-0.2, -0.15) is 0 Å². The molecule has 2 heterocycles. The summed E-state index contributed by atoms with van der Waals surface area (Å²) < 4.78 is 5.28. The molecule has 0 spiro atoms. The fourth-order valence-corrected chi connectivity index (χ4v) is 1.57. The molecule has 0 fully saturated rings. The van der Waals surface area contributed by atoms with E-state index in [1.807, 2.05) is 12.1 Å². The zero-order valence-corrected chi connectivity index (χ0v) is 8.73. The highest BCUT2D eigenvalue weighted by Crippen LogP contribution is 2.21. The summed E-state index contributed by atoms with van der Waals surface area (Å²) in [5.74, 6) is 2.04. The fraction of sp³-hybridized carbons (Fsp3) is 0.364. The van der Waals surface area contributed by atoms with Gasteiger partial charge in [0.25, 0.3) is 0 Å². The molecule has 1 unspecified atom stereocenters. The molecule has 4 heteroatoms. The molecular weight excluding hydrogens is 190 g/mol. The summed E-state index contributed by atoms with van der Waals surface area (Å²) in [4.78, 5) is 7.55. The summed E-state index contributed by atoms with van der Waals surface area (Å²) in [7, 11) is 0. The van der Waals surface area contributed by atoms with Crippen LogP contribution in [0.1, 0.15) is 25.1 Å². The van der Waals surface area contributed by atoms with E-state index in [4.69, 9.17) is 10.2 Å². The van der Waals surface area contributed by atoms with Gasteiger partial charge in [0.15, 0.2) is 5.76 Å². The Kier molecular flexibility index (Phi) is 2.87. The third kappa shape index (κ3) is 1.94. The Hall–Kier alpha value is -1.55. The molecule has 0 aliphatic rings. The van der Waals surface area contributed by atoms with Gasteiger partial charge in [-0.1, -0.05) is 6.92 Å². The van der Waals surface area contributed by atoms with Crippen molar-refractivity contribution in [1.29, 1.82) is 0 Å². The second kappa shape index (κ2) is 4.31. The molecule has 0 saturated heterocycles. The standard InChI is InChI=1S/C11H15N3O/c1-2-8(6-12)11-13-7-9(14-11)10-4-3-5-15-10/h3-5,7-8H,2,6,12H2,1H3,(H,13,14). The first-order chi connectivity index (χ1) is 7.35. The van der Waals surface area contributed by atoms with Gasteiger partial charge in [0, 0.05) is 12.5 Å². The Balaban J connectivity index is 2.24. The third-order valence-corrected chi connectivity index (χ3v) is 2.55. The molecule has 0 aliphatic heterocycles. The molecule has 1 atom stereocenters. The van der Waals surface area contributed by atoms with E-state index < -0.39 is 0 Å². The van der Waals surface area contributed by atoms with Gasteiger partial charge in [0.2, 0.25) is 0 Å². The molecule has 0 bridgehead atoms. The molecular formula is C11H15N3O. The highest BCUT2D eigenvalue weighted by Gasteiger charge is 2.12. The minimum absolute atomic E-state index is 0.300. The third-order valence-electron chi connectivity index (χ3n) is 2.55. The summed E-state index contributed by atoms with van der Waals surface area (Å²) in [6.45, 7) is 2.72. The summed E-state index contributed by atoms with van der Waals surface area (Å²) in [6, 6.07) is 3.76. The van der Waals surface area contributed by atoms with Crippen molar-refractivity contribution in [1.82, 2.24) is 9.97 Å². The predicted octanol–water partition coefficient (Wildman–Crippen LogP) is 2.12. The Morgan fingerprint density at radius 3 is 3.07 bits per heavy atom. The normalized spacial score (nSPS) is 12.9. The van der Waals surface area contributed by atoms with Crippen LogP contribution in [0.2, 0.25) is 0 Å². The highest BCUT2D eigenvalue weighted by molar-refractivity contribution is 5.50. The Morgan fingerprint density at radius 1 is 1.60 bits per heavy atom. The number of nitrogens with two attached hydrogens (primary N) is 1. The van der Waals surface area contributed by atoms with Crippen LogP contribution in [0.15, 0.2) is 29.0 Å². The van der Waals surface area contributed by atoms with Gasteiger partial charge in [-0.3, -0.25) is 0 Å². The lowest BCUT2D eigenvalue weighted by atomic mass is 10.1. The Morgan fingerprint density at radius 2 is 2.47 bits per heavy atom. The first kappa shape index (κ1) is 9.98. The number of furan rings is 1. The van der Waals surface area contributed by atoms with Crippen LogP contribution in [0.3, 0.4) is 0 Å². The highest BCUT2D eigenvalue weighted by atomic mass is 16.3. The van der Waals surface area contributed by atoms with Crippen molar-refractivity contribution in [2.24, 2.45) is 5.73 Å². The minimum Gasteiger partial charge on any atom is -0.463 e. The van der Waals surface area contributed by atoms with Gasteiger partial charge >= 0.3 is 0 Å². The van der Waals surface area contributed by atoms with Gasteiger partial charge in [-0.15, -0.1) is 0 Å². The van der Waals surface area contributed by atoms with Crippen LogP contribution < -0.4 is 5.73 Å². The lowest BCUT2D eigenvalue weighted by Crippen LogP contribution is -2.12. The monoisotopic (exact) mass is 205 g/mol. The number of aromatic amines is 1. The van der Waals surface area contributed by atoms with Crippen LogP contribution in [0.25, 0.3) is 11.5 Å². The summed E-state index contributed by atoms with van der Waals surface area (Å²) >= 11 is 0. The SMILES string of the molecule is CCC(CN)c1ncc(-c2ccco2)[nH]1. The van der Waals surface area contributed by atoms with E-state index in [-0.39, 0.29) is 0 Å². The maximum absolute atomic E-state index is 5.66. The molecule has 2 aromatic heterocycles. The molecule has 2 aromatic rings. The number of imidazole rings is 1. The zero-order valence-electron chi connectivity index (χ0n) is 8.73. The van der Waals surface area contributed by atoms with E-state index in [2.05, 4.69) is 16.9 Å². The number of rotatable bonds is 4. The Labute approximate surface area is 88.5 Å². The molecule has 0 aromatic carbocycles. The molecule has 3 N–H and O–H groups in total. The molecule has 0 aliphatic carbocycles. The lowest BCUT2D eigenvalue weighted by molar-refractivity contribution is 0.579. The quantitative estimate of drug-likeness (QED) is 0.803. The average molecular weight is 205 g/mol. The van der Waals surface area contributed by atoms with Crippen LogP contribution in [0.5, 0.6) is 0 Å². The topological polar surface area (TPSA) is 67.8 Å². The van der Waals surface area contributed by atoms with Crippen molar-refractivity contribution in [3.05, 3.63) is 30.4 Å². The first-order valence-electron chi connectivity index (χ1n) is 5.14. The van der Waals surface area contributed by atoms with Crippen LogP contribution in [-0.2, 0) is 0 Å². The van der Waals surface area contributed by atoms with E-state index in [0.29, 0.717) is 12.5 Å². The zero-order chi connectivity index (χ0) is 10.7. The van der Waals surface area contributed by atoms with E-state index >= 15 is 0 Å². The van der Waals surface area contributed by atoms with Crippen LogP contribution >= 0.6 is 0 Å². The molecule has 15 heavy (non-hydrogen) atoms. The summed E-state index contributed by atoms with van der Waals surface area (Å²) in [6.07, 6.45) is 4.42. The lowest BCUT2D eigenvalue weighted by Gasteiger charge is -2.07. The predicted molar refractivity (Wildman–Crippen MR) is 58.4 cm³/mol. The second-order valence-electron chi connectivity index (χ2n) is 3.50. The number of aromatic nitrogens is 2. The molecule has 0 amide bonds. The van der Waals surface area contributed by atoms with Crippen LogP contribution in [0, 0.1) is 0 Å². The van der Waals surface area contributed by atoms with E-state index in [0.717, 1.165) is 23.7 Å². The van der Waals surface area contributed by atoms with Crippen molar-refractivity contribution in [2.75, 3.05) is 6.54 Å². The number of hydrogen-bond donors (Lipinski definition) is 2. The number of H-pyrrole nitrogens is 1. The second-order valence-corrected chi connectivity index (χ2v) is 3.50. The van der Waals surface area contributed by atoms with Gasteiger partial charge in [0.1, 0.15) is 11.5 Å². The summed E-state index contributed by atoms with van der Waals surface area (Å²) in [5.41, 5.74) is 6.56. The van der Waals surface area contributed by atoms with E-state index in [9.17, 15) is 0 Å². The van der Waals surface area contributed by atoms with Crippen LogP contribution in [-0.4, -0.2) is 16.5 Å². The smallest absolute Gasteiger partial charge is 0.151 e. The maximum Gasteiger partial charge on any atom is 0.151 e. The number of hydrogen-bond acceptors (Lipinski definition) is 3. The number of nitrogens with zero attached hydrogens (tertiary/aromatic N) is 1. The van der Waals surface area contributed by atoms with Gasteiger partial charge < -0.3 is 15.1 Å². The van der Waals surface area contributed by atoms with Crippen molar-refractivity contribution in [3.63, 3.8) is 0 Å². The fourth-order valence-electron chi connectivity index (χ4n) is 1.57. The van der Waals surface area contributed by atoms with Gasteiger partial charge in [0.05, 0.1) is 12.5 Å². The van der Waals surface area contributed by atoms with Crippen molar-refractivity contribution in [3.8, 4) is 11.5 Å². The van der Waals surface area contributed by atoms with E-state index in [1.54, 1.807) is 12.5 Å². The largest absolute Gasteiger partial charge is 0.463 e. The van der Waals surface area contributed by atoms with Crippen molar-refractivity contribution < 1.29 is 4.42 Å². The molecule has 0 saturated carbocycles.